The van der Waals surface area contributed by atoms with Gasteiger partial charge in [-0.3, -0.25) is 4.79 Å². The molecule has 0 amide bonds. The van der Waals surface area contributed by atoms with Gasteiger partial charge >= 0.3 is 0 Å². The molecule has 0 N–H and O–H groups in total. The molecule has 1 aromatic heterocycles. The summed E-state index contributed by atoms with van der Waals surface area (Å²) in [6.45, 7) is 1.46. The van der Waals surface area contributed by atoms with E-state index in [1.54, 1.807) is 0 Å². The molecule has 6 heteroatoms. The number of nitrogens with zero attached hydrogens (tertiary/aromatic N) is 1. The zero-order valence-corrected chi connectivity index (χ0v) is 9.39. The van der Waals surface area contributed by atoms with E-state index >= 15 is 0 Å². The molecule has 0 aliphatic heterocycles. The molecular formula is C11H6ClF2NO2. The average molecular weight is 258 g/mol. The fourth-order valence-electron chi connectivity index (χ4n) is 1.47. The van der Waals surface area contributed by atoms with Crippen molar-refractivity contribution in [3.63, 3.8) is 0 Å². The highest BCUT2D eigenvalue weighted by Gasteiger charge is 2.22. The first kappa shape index (κ1) is 11.7. The lowest BCUT2D eigenvalue weighted by Crippen LogP contribution is -1.95. The Balaban J connectivity index is 2.68. The predicted molar refractivity (Wildman–Crippen MR) is 56.8 cm³/mol. The highest BCUT2D eigenvalue weighted by molar-refractivity contribution is 6.68. The third-order valence-corrected chi connectivity index (χ3v) is 2.43. The van der Waals surface area contributed by atoms with Gasteiger partial charge in [0.25, 0.3) is 5.24 Å². The zero-order valence-electron chi connectivity index (χ0n) is 8.63. The van der Waals surface area contributed by atoms with E-state index in [2.05, 4.69) is 5.16 Å². The van der Waals surface area contributed by atoms with Crippen LogP contribution in [0.15, 0.2) is 22.7 Å². The van der Waals surface area contributed by atoms with Crippen LogP contribution < -0.4 is 0 Å². The number of halogens is 3. The van der Waals surface area contributed by atoms with Crippen LogP contribution in [0.3, 0.4) is 0 Å². The number of rotatable bonds is 2. The van der Waals surface area contributed by atoms with E-state index in [4.69, 9.17) is 16.1 Å². The smallest absolute Gasteiger partial charge is 0.258 e. The van der Waals surface area contributed by atoms with E-state index in [-0.39, 0.29) is 22.6 Å². The maximum atomic E-state index is 13.5. The first-order valence-corrected chi connectivity index (χ1v) is 5.00. The molecule has 0 radical (unpaired) electrons. The predicted octanol–water partition coefficient (Wildman–Crippen LogP) is 3.31. The van der Waals surface area contributed by atoms with Gasteiger partial charge in [-0.1, -0.05) is 5.16 Å². The quantitative estimate of drug-likeness (QED) is 0.775. The van der Waals surface area contributed by atoms with Crippen LogP contribution in [0.25, 0.3) is 11.3 Å². The van der Waals surface area contributed by atoms with Gasteiger partial charge in [0.1, 0.15) is 28.7 Å². The Bertz CT molecular complexity index is 595. The van der Waals surface area contributed by atoms with Crippen molar-refractivity contribution in [3.8, 4) is 11.3 Å². The lowest BCUT2D eigenvalue weighted by molar-refractivity contribution is 0.108. The lowest BCUT2D eigenvalue weighted by atomic mass is 10.1. The molecule has 0 spiro atoms. The summed E-state index contributed by atoms with van der Waals surface area (Å²) >= 11 is 5.34. The largest absolute Gasteiger partial charge is 0.360 e. The van der Waals surface area contributed by atoms with Crippen LogP contribution in [0.5, 0.6) is 0 Å². The van der Waals surface area contributed by atoms with Crippen molar-refractivity contribution in [2.75, 3.05) is 0 Å². The van der Waals surface area contributed by atoms with Crippen molar-refractivity contribution in [1.82, 2.24) is 5.16 Å². The third-order valence-electron chi connectivity index (χ3n) is 2.24. The minimum atomic E-state index is -0.831. The summed E-state index contributed by atoms with van der Waals surface area (Å²) in [6, 6.07) is 2.83. The first-order valence-electron chi connectivity index (χ1n) is 4.62. The fourth-order valence-corrected chi connectivity index (χ4v) is 1.69. The summed E-state index contributed by atoms with van der Waals surface area (Å²) in [6.07, 6.45) is 0. The maximum Gasteiger partial charge on any atom is 0.258 e. The molecule has 0 aliphatic carbocycles. The summed E-state index contributed by atoms with van der Waals surface area (Å²) in [7, 11) is 0. The van der Waals surface area contributed by atoms with Gasteiger partial charge in [0.2, 0.25) is 0 Å². The third kappa shape index (κ3) is 2.06. The van der Waals surface area contributed by atoms with E-state index < -0.39 is 16.9 Å². The standard InChI is InChI=1S/C11H6ClF2NO2/c1-5-9(11(12)16)10(15-17-5)7-4-6(13)2-3-8(7)14/h2-4H,1H3. The Labute approximate surface area is 100.0 Å². The molecule has 0 atom stereocenters. The van der Waals surface area contributed by atoms with Crippen molar-refractivity contribution in [3.05, 3.63) is 41.2 Å². The number of aryl methyl sites for hydroxylation is 1. The second-order valence-electron chi connectivity index (χ2n) is 3.36. The second-order valence-corrected chi connectivity index (χ2v) is 3.70. The van der Waals surface area contributed by atoms with Crippen LogP contribution in [0.2, 0.25) is 0 Å². The molecule has 88 valence electrons. The Kier molecular flexibility index (Phi) is 2.93. The molecule has 0 fully saturated rings. The first-order chi connectivity index (χ1) is 8.00. The molecule has 0 aliphatic rings. The minimum absolute atomic E-state index is 0.0591. The second kappa shape index (κ2) is 4.25. The number of carbonyl (C=O) groups is 1. The van der Waals surface area contributed by atoms with Gasteiger partial charge < -0.3 is 4.52 Å². The van der Waals surface area contributed by atoms with Crippen LogP contribution in [0.1, 0.15) is 16.1 Å². The average Bonchev–Trinajstić information content (AvgIpc) is 2.64. The SMILES string of the molecule is Cc1onc(-c2cc(F)ccc2F)c1C(=O)Cl. The van der Waals surface area contributed by atoms with Crippen LogP contribution >= 0.6 is 11.6 Å². The minimum Gasteiger partial charge on any atom is -0.360 e. The van der Waals surface area contributed by atoms with Crippen molar-refractivity contribution in [2.24, 2.45) is 0 Å². The maximum absolute atomic E-state index is 13.5. The Morgan fingerprint density at radius 1 is 1.41 bits per heavy atom. The number of hydrogen-bond donors (Lipinski definition) is 0. The van der Waals surface area contributed by atoms with Crippen LogP contribution in [-0.4, -0.2) is 10.4 Å². The van der Waals surface area contributed by atoms with Crippen LogP contribution in [-0.2, 0) is 0 Å². The molecule has 0 unspecified atom stereocenters. The Hall–Kier alpha value is -1.75. The van der Waals surface area contributed by atoms with Crippen molar-refractivity contribution >= 4 is 16.8 Å². The highest BCUT2D eigenvalue weighted by Crippen LogP contribution is 2.29. The summed E-state index contributed by atoms with van der Waals surface area (Å²) in [5.41, 5.74) is -0.318. The van der Waals surface area contributed by atoms with Gasteiger partial charge in [0, 0.05) is 5.56 Å². The molecule has 2 aromatic rings. The van der Waals surface area contributed by atoms with Crippen molar-refractivity contribution in [2.45, 2.75) is 6.92 Å². The van der Waals surface area contributed by atoms with Gasteiger partial charge in [-0.25, -0.2) is 8.78 Å². The molecule has 0 bridgehead atoms. The number of aromatic nitrogens is 1. The molecular weight excluding hydrogens is 252 g/mol. The van der Waals surface area contributed by atoms with E-state index in [1.165, 1.54) is 6.92 Å². The molecule has 0 saturated heterocycles. The van der Waals surface area contributed by atoms with Crippen LogP contribution in [0, 0.1) is 18.6 Å². The van der Waals surface area contributed by atoms with Crippen molar-refractivity contribution < 1.29 is 18.1 Å². The zero-order chi connectivity index (χ0) is 12.6. The van der Waals surface area contributed by atoms with Gasteiger partial charge in [0.05, 0.1) is 0 Å². The van der Waals surface area contributed by atoms with E-state index in [0.29, 0.717) is 0 Å². The fraction of sp³-hybridized carbons (Fsp3) is 0.0909. The monoisotopic (exact) mass is 257 g/mol. The summed E-state index contributed by atoms with van der Waals surface area (Å²) in [5.74, 6) is -1.20. The number of hydrogen-bond acceptors (Lipinski definition) is 3. The van der Waals surface area contributed by atoms with Crippen LogP contribution in [0.4, 0.5) is 8.78 Å². The normalized spacial score (nSPS) is 10.6. The molecule has 2 rings (SSSR count). The molecule has 1 aromatic carbocycles. The topological polar surface area (TPSA) is 43.1 Å². The highest BCUT2D eigenvalue weighted by atomic mass is 35.5. The Morgan fingerprint density at radius 2 is 2.12 bits per heavy atom. The Morgan fingerprint density at radius 3 is 2.76 bits per heavy atom. The molecule has 0 saturated carbocycles. The molecule has 1 heterocycles. The van der Waals surface area contributed by atoms with E-state index in [1.807, 2.05) is 0 Å². The van der Waals surface area contributed by atoms with Gasteiger partial charge in [-0.15, -0.1) is 0 Å². The number of benzene rings is 1. The molecule has 17 heavy (non-hydrogen) atoms. The lowest BCUT2D eigenvalue weighted by Gasteiger charge is -2.00. The van der Waals surface area contributed by atoms with Gasteiger partial charge in [0.15, 0.2) is 0 Å². The molecule has 3 nitrogen and oxygen atoms in total. The summed E-state index contributed by atoms with van der Waals surface area (Å²) < 4.78 is 31.3. The van der Waals surface area contributed by atoms with Crippen molar-refractivity contribution in [1.29, 1.82) is 0 Å². The summed E-state index contributed by atoms with van der Waals surface area (Å²) in [5, 5.41) is 2.69. The number of carbonyl (C=O) groups excluding carboxylic acids is 1. The summed E-state index contributed by atoms with van der Waals surface area (Å²) in [4.78, 5) is 11.2. The van der Waals surface area contributed by atoms with E-state index in [0.717, 1.165) is 18.2 Å². The van der Waals surface area contributed by atoms with Gasteiger partial charge in [-0.2, -0.15) is 0 Å². The van der Waals surface area contributed by atoms with E-state index in [9.17, 15) is 13.6 Å². The van der Waals surface area contributed by atoms with Gasteiger partial charge in [-0.05, 0) is 36.7 Å².